The van der Waals surface area contributed by atoms with Crippen LogP contribution in [-0.4, -0.2) is 35.4 Å². The molecule has 1 saturated carbocycles. The van der Waals surface area contributed by atoms with Crippen molar-refractivity contribution in [3.05, 3.63) is 29.8 Å². The van der Waals surface area contributed by atoms with Crippen molar-refractivity contribution >= 4 is 11.8 Å². The normalized spacial score (nSPS) is 16.1. The lowest BCUT2D eigenvalue weighted by Crippen LogP contribution is -2.49. The summed E-state index contributed by atoms with van der Waals surface area (Å²) in [5, 5.41) is 0. The minimum Gasteiger partial charge on any atom is -0.481 e. The first kappa shape index (κ1) is 17.2. The van der Waals surface area contributed by atoms with Crippen molar-refractivity contribution < 1.29 is 23.1 Å². The molecule has 2 rings (SSSR count). The predicted molar refractivity (Wildman–Crippen MR) is 79.6 cm³/mol. The van der Waals surface area contributed by atoms with E-state index < -0.39 is 23.6 Å². The highest BCUT2D eigenvalue weighted by molar-refractivity contribution is 5.86. The molecule has 1 fully saturated rings. The van der Waals surface area contributed by atoms with Crippen LogP contribution in [0.5, 0.6) is 5.75 Å². The number of rotatable bonds is 6. The topological polar surface area (TPSA) is 72.6 Å². The van der Waals surface area contributed by atoms with Gasteiger partial charge in [0.15, 0.2) is 17.7 Å². The Balaban J connectivity index is 2.07. The van der Waals surface area contributed by atoms with E-state index in [-0.39, 0.29) is 24.2 Å². The molecule has 0 radical (unpaired) electrons. The molecule has 126 valence electrons. The van der Waals surface area contributed by atoms with Crippen molar-refractivity contribution in [1.29, 1.82) is 0 Å². The molecule has 1 aliphatic rings. The van der Waals surface area contributed by atoms with Crippen LogP contribution in [0.15, 0.2) is 18.2 Å². The Kier molecular flexibility index (Phi) is 5.52. The van der Waals surface area contributed by atoms with Gasteiger partial charge in [-0.15, -0.1) is 0 Å². The first-order chi connectivity index (χ1) is 10.9. The highest BCUT2D eigenvalue weighted by atomic mass is 19.2. The van der Waals surface area contributed by atoms with Crippen molar-refractivity contribution in [2.45, 2.75) is 44.8 Å². The SMILES string of the molecule is C[C@@H](Oc1ccc(F)c(F)c1)C(=O)N(CC(N)=O)C1CCCC1. The van der Waals surface area contributed by atoms with Crippen LogP contribution in [-0.2, 0) is 9.59 Å². The third-order valence-corrected chi connectivity index (χ3v) is 3.93. The van der Waals surface area contributed by atoms with Crippen molar-refractivity contribution in [3.63, 3.8) is 0 Å². The molecule has 1 aromatic carbocycles. The summed E-state index contributed by atoms with van der Waals surface area (Å²) in [5.41, 5.74) is 5.22. The van der Waals surface area contributed by atoms with Gasteiger partial charge in [0.2, 0.25) is 5.91 Å². The first-order valence-electron chi connectivity index (χ1n) is 7.59. The zero-order chi connectivity index (χ0) is 17.0. The van der Waals surface area contributed by atoms with E-state index in [2.05, 4.69) is 0 Å². The zero-order valence-electron chi connectivity index (χ0n) is 12.9. The lowest BCUT2D eigenvalue weighted by Gasteiger charge is -2.30. The molecule has 1 atom stereocenters. The van der Waals surface area contributed by atoms with Gasteiger partial charge in [0.05, 0.1) is 6.54 Å². The molecule has 0 aliphatic heterocycles. The minimum absolute atomic E-state index is 0.0361. The predicted octanol–water partition coefficient (Wildman–Crippen LogP) is 1.99. The lowest BCUT2D eigenvalue weighted by molar-refractivity contribution is -0.143. The second-order valence-electron chi connectivity index (χ2n) is 5.71. The summed E-state index contributed by atoms with van der Waals surface area (Å²) in [6, 6.07) is 3.02. The van der Waals surface area contributed by atoms with E-state index in [0.29, 0.717) is 0 Å². The number of ether oxygens (including phenoxy) is 1. The van der Waals surface area contributed by atoms with E-state index in [9.17, 15) is 18.4 Å². The number of carbonyl (C=O) groups excluding carboxylic acids is 2. The second-order valence-corrected chi connectivity index (χ2v) is 5.71. The minimum atomic E-state index is -1.05. The van der Waals surface area contributed by atoms with Crippen molar-refractivity contribution in [3.8, 4) is 5.75 Å². The molecule has 0 spiro atoms. The largest absolute Gasteiger partial charge is 0.481 e. The maximum Gasteiger partial charge on any atom is 0.264 e. The molecule has 5 nitrogen and oxygen atoms in total. The Hall–Kier alpha value is -2.18. The van der Waals surface area contributed by atoms with Crippen LogP contribution in [0, 0.1) is 11.6 Å². The Morgan fingerprint density at radius 1 is 1.30 bits per heavy atom. The monoisotopic (exact) mass is 326 g/mol. The molecular weight excluding hydrogens is 306 g/mol. The van der Waals surface area contributed by atoms with Crippen LogP contribution < -0.4 is 10.5 Å². The van der Waals surface area contributed by atoms with Crippen LogP contribution in [0.25, 0.3) is 0 Å². The van der Waals surface area contributed by atoms with E-state index in [0.717, 1.165) is 37.8 Å². The van der Waals surface area contributed by atoms with Crippen LogP contribution in [0.1, 0.15) is 32.6 Å². The molecule has 23 heavy (non-hydrogen) atoms. The highest BCUT2D eigenvalue weighted by Gasteiger charge is 2.31. The van der Waals surface area contributed by atoms with Gasteiger partial charge in [0.25, 0.3) is 5.91 Å². The van der Waals surface area contributed by atoms with E-state index >= 15 is 0 Å². The van der Waals surface area contributed by atoms with Crippen LogP contribution in [0.4, 0.5) is 8.78 Å². The van der Waals surface area contributed by atoms with E-state index in [1.165, 1.54) is 17.9 Å². The summed E-state index contributed by atoms with van der Waals surface area (Å²) in [6.45, 7) is 1.33. The van der Waals surface area contributed by atoms with E-state index in [1.807, 2.05) is 0 Å². The summed E-state index contributed by atoms with van der Waals surface area (Å²) < 4.78 is 31.5. The fourth-order valence-electron chi connectivity index (χ4n) is 2.81. The zero-order valence-corrected chi connectivity index (χ0v) is 12.9. The van der Waals surface area contributed by atoms with E-state index in [1.54, 1.807) is 0 Å². The third kappa shape index (κ3) is 4.40. The van der Waals surface area contributed by atoms with Gasteiger partial charge in [-0.25, -0.2) is 8.78 Å². The Morgan fingerprint density at radius 2 is 1.96 bits per heavy atom. The quantitative estimate of drug-likeness (QED) is 0.869. The van der Waals surface area contributed by atoms with Crippen molar-refractivity contribution in [2.24, 2.45) is 5.73 Å². The number of nitrogens with zero attached hydrogens (tertiary/aromatic N) is 1. The molecule has 0 heterocycles. The fraction of sp³-hybridized carbons (Fsp3) is 0.500. The summed E-state index contributed by atoms with van der Waals surface area (Å²) in [4.78, 5) is 25.2. The summed E-state index contributed by atoms with van der Waals surface area (Å²) in [6.07, 6.45) is 2.69. The number of nitrogens with two attached hydrogens (primary N) is 1. The second kappa shape index (κ2) is 7.39. The van der Waals surface area contributed by atoms with E-state index in [4.69, 9.17) is 10.5 Å². The highest BCUT2D eigenvalue weighted by Crippen LogP contribution is 2.25. The summed E-state index contributed by atoms with van der Waals surface area (Å²) >= 11 is 0. The Bertz CT molecular complexity index is 589. The molecular formula is C16H20F2N2O3. The molecule has 1 aromatic rings. The maximum absolute atomic E-state index is 13.2. The van der Waals surface area contributed by atoms with Gasteiger partial charge >= 0.3 is 0 Å². The smallest absolute Gasteiger partial charge is 0.264 e. The van der Waals surface area contributed by atoms with Gasteiger partial charge in [-0.2, -0.15) is 0 Å². The Labute approximate surface area is 133 Å². The van der Waals surface area contributed by atoms with Gasteiger partial charge in [-0.3, -0.25) is 9.59 Å². The molecule has 2 N–H and O–H groups in total. The summed E-state index contributed by atoms with van der Waals surface area (Å²) in [7, 11) is 0. The third-order valence-electron chi connectivity index (χ3n) is 3.93. The molecule has 2 amide bonds. The van der Waals surface area contributed by atoms with Gasteiger partial charge in [-0.1, -0.05) is 12.8 Å². The Morgan fingerprint density at radius 3 is 2.52 bits per heavy atom. The molecule has 0 bridgehead atoms. The fourth-order valence-corrected chi connectivity index (χ4v) is 2.81. The van der Waals surface area contributed by atoms with Crippen LogP contribution in [0.2, 0.25) is 0 Å². The number of hydrogen-bond donors (Lipinski definition) is 1. The van der Waals surface area contributed by atoms with Crippen molar-refractivity contribution in [1.82, 2.24) is 4.90 Å². The lowest BCUT2D eigenvalue weighted by atomic mass is 10.2. The standard InChI is InChI=1S/C16H20F2N2O3/c1-10(23-12-6-7-13(17)14(18)8-12)16(22)20(9-15(19)21)11-4-2-3-5-11/h6-8,10-11H,2-5,9H2,1H3,(H2,19,21)/t10-/m1/s1. The van der Waals surface area contributed by atoms with Gasteiger partial charge < -0.3 is 15.4 Å². The average Bonchev–Trinajstić information content (AvgIpc) is 3.01. The number of benzene rings is 1. The maximum atomic E-state index is 13.2. The number of primary amides is 1. The molecule has 7 heteroatoms. The van der Waals surface area contributed by atoms with Crippen molar-refractivity contribution in [2.75, 3.05) is 6.54 Å². The average molecular weight is 326 g/mol. The van der Waals surface area contributed by atoms with Gasteiger partial charge in [0.1, 0.15) is 5.75 Å². The number of halogens is 2. The summed E-state index contributed by atoms with van der Waals surface area (Å²) in [5.74, 6) is -2.97. The van der Waals surface area contributed by atoms with Gasteiger partial charge in [0, 0.05) is 12.1 Å². The molecule has 1 aliphatic carbocycles. The van der Waals surface area contributed by atoms with Crippen LogP contribution in [0.3, 0.4) is 0 Å². The number of amides is 2. The number of carbonyl (C=O) groups is 2. The van der Waals surface area contributed by atoms with Crippen LogP contribution >= 0.6 is 0 Å². The molecule has 0 unspecified atom stereocenters. The molecule has 0 saturated heterocycles. The first-order valence-corrected chi connectivity index (χ1v) is 7.59. The number of hydrogen-bond acceptors (Lipinski definition) is 3. The van der Waals surface area contributed by atoms with Gasteiger partial charge in [-0.05, 0) is 31.9 Å². The molecule has 0 aromatic heterocycles.